The number of nitrogens with zero attached hydrogens (tertiary/aromatic N) is 2. The first-order valence-corrected chi connectivity index (χ1v) is 5.04. The van der Waals surface area contributed by atoms with Crippen molar-refractivity contribution in [1.29, 1.82) is 0 Å². The third-order valence-corrected chi connectivity index (χ3v) is 2.59. The molecule has 0 bridgehead atoms. The van der Waals surface area contributed by atoms with Crippen LogP contribution in [-0.2, 0) is 0 Å². The van der Waals surface area contributed by atoms with E-state index in [0.29, 0.717) is 15.9 Å². The highest BCUT2D eigenvalue weighted by Crippen LogP contribution is 2.28. The lowest BCUT2D eigenvalue weighted by molar-refractivity contribution is 0.0692. The van der Waals surface area contributed by atoms with Gasteiger partial charge in [0.15, 0.2) is 0 Å². The molecule has 0 spiro atoms. The summed E-state index contributed by atoms with van der Waals surface area (Å²) in [6, 6.07) is 1.35. The monoisotopic (exact) mass is 237 g/mol. The summed E-state index contributed by atoms with van der Waals surface area (Å²) in [6.07, 6.45) is 4.26. The van der Waals surface area contributed by atoms with Gasteiger partial charge in [-0.1, -0.05) is 0 Å². The van der Waals surface area contributed by atoms with E-state index >= 15 is 0 Å². The average molecular weight is 237 g/mol. The smallest absolute Gasteiger partial charge is 0.338 e. The minimum absolute atomic E-state index is 0.0307. The maximum Gasteiger partial charge on any atom is 0.338 e. The van der Waals surface area contributed by atoms with Crippen molar-refractivity contribution in [2.75, 3.05) is 5.73 Å². The average Bonchev–Trinajstić information content (AvgIpc) is 2.73. The first-order valence-electron chi connectivity index (χ1n) is 4.23. The Hall–Kier alpha value is -2.02. The number of hydrogen-bond donors (Lipinski definition) is 2. The Morgan fingerprint density at radius 2 is 2.31 bits per heavy atom. The van der Waals surface area contributed by atoms with Gasteiger partial charge in [0, 0.05) is 0 Å². The number of aromatic nitrogens is 2. The molecule has 2 heterocycles. The molecule has 2 aromatic heterocycles. The van der Waals surface area contributed by atoms with Crippen LogP contribution < -0.4 is 5.73 Å². The molecule has 2 rings (SSSR count). The van der Waals surface area contributed by atoms with E-state index < -0.39 is 5.97 Å². The van der Waals surface area contributed by atoms with Crippen LogP contribution in [0.4, 0.5) is 5.69 Å². The molecule has 0 saturated carbocycles. The summed E-state index contributed by atoms with van der Waals surface area (Å²) in [6.45, 7) is 0. The first-order chi connectivity index (χ1) is 7.66. The van der Waals surface area contributed by atoms with Crippen LogP contribution in [0.5, 0.6) is 0 Å². The summed E-state index contributed by atoms with van der Waals surface area (Å²) < 4.78 is 4.99. The molecule has 0 radical (unpaired) electrons. The quantitative estimate of drug-likeness (QED) is 0.833. The Morgan fingerprint density at radius 3 is 2.94 bits per heavy atom. The molecule has 3 N–H and O–H groups in total. The minimum Gasteiger partial charge on any atom is -0.478 e. The largest absolute Gasteiger partial charge is 0.478 e. The second-order valence-electron chi connectivity index (χ2n) is 2.83. The van der Waals surface area contributed by atoms with Gasteiger partial charge in [0.1, 0.15) is 11.3 Å². The lowest BCUT2D eigenvalue weighted by Crippen LogP contribution is -2.02. The summed E-state index contributed by atoms with van der Waals surface area (Å²) in [5.41, 5.74) is 5.80. The Bertz CT molecular complexity index is 513. The zero-order chi connectivity index (χ0) is 11.5. The number of hydrogen-bond acceptors (Lipinski definition) is 6. The number of aromatic carboxylic acids is 1. The molecule has 0 aliphatic rings. The molecule has 0 aliphatic heterocycles. The first kappa shape index (κ1) is 10.5. The summed E-state index contributed by atoms with van der Waals surface area (Å²) in [5.74, 6) is -1.09. The standard InChI is InChI=1S/C9H7N3O3S/c10-5-3-6(8(13)14)7(12-4-5)16-9-11-1-2-15-9/h1-4H,10H2,(H,13,14). The van der Waals surface area contributed by atoms with Crippen LogP contribution in [0, 0.1) is 0 Å². The fourth-order valence-corrected chi connectivity index (χ4v) is 1.79. The number of nitrogens with two attached hydrogens (primary N) is 1. The van der Waals surface area contributed by atoms with Gasteiger partial charge in [0.2, 0.25) is 0 Å². The van der Waals surface area contributed by atoms with Gasteiger partial charge in [-0.05, 0) is 17.8 Å². The van der Waals surface area contributed by atoms with Crippen molar-refractivity contribution in [2.24, 2.45) is 0 Å². The molecule has 2 aromatic rings. The van der Waals surface area contributed by atoms with Crippen LogP contribution in [0.2, 0.25) is 0 Å². The van der Waals surface area contributed by atoms with Gasteiger partial charge in [-0.3, -0.25) is 0 Å². The highest BCUT2D eigenvalue weighted by Gasteiger charge is 2.14. The fourth-order valence-electron chi connectivity index (χ4n) is 1.05. The molecule has 0 unspecified atom stereocenters. The molecular weight excluding hydrogens is 230 g/mol. The van der Waals surface area contributed by atoms with E-state index in [4.69, 9.17) is 15.3 Å². The minimum atomic E-state index is -1.09. The topological polar surface area (TPSA) is 102 Å². The molecule has 0 amide bonds. The van der Waals surface area contributed by atoms with Crippen molar-refractivity contribution in [2.45, 2.75) is 10.2 Å². The Morgan fingerprint density at radius 1 is 1.50 bits per heavy atom. The molecule has 0 aromatic carbocycles. The Kier molecular flexibility index (Phi) is 2.78. The maximum absolute atomic E-state index is 10.9. The summed E-state index contributed by atoms with van der Waals surface area (Å²) >= 11 is 1.03. The van der Waals surface area contributed by atoms with Gasteiger partial charge in [-0.25, -0.2) is 14.8 Å². The Balaban J connectivity index is 2.36. The van der Waals surface area contributed by atoms with Crippen LogP contribution in [0.25, 0.3) is 0 Å². The number of carbonyl (C=O) groups is 1. The number of oxazole rings is 1. The normalized spacial score (nSPS) is 10.2. The maximum atomic E-state index is 10.9. The van der Waals surface area contributed by atoms with Gasteiger partial charge in [-0.15, -0.1) is 0 Å². The van der Waals surface area contributed by atoms with Crippen LogP contribution in [0.3, 0.4) is 0 Å². The summed E-state index contributed by atoms with van der Waals surface area (Å²) in [5, 5.41) is 9.59. The van der Waals surface area contributed by atoms with Crippen molar-refractivity contribution in [3.05, 3.63) is 30.3 Å². The van der Waals surface area contributed by atoms with Crippen LogP contribution in [0.1, 0.15) is 10.4 Å². The zero-order valence-corrected chi connectivity index (χ0v) is 8.77. The van der Waals surface area contributed by atoms with Crippen molar-refractivity contribution < 1.29 is 14.3 Å². The van der Waals surface area contributed by atoms with Crippen molar-refractivity contribution >= 4 is 23.4 Å². The van der Waals surface area contributed by atoms with E-state index in [-0.39, 0.29) is 5.56 Å². The highest BCUT2D eigenvalue weighted by atomic mass is 32.2. The predicted octanol–water partition coefficient (Wildman–Crippen LogP) is 1.50. The SMILES string of the molecule is Nc1cnc(Sc2ncco2)c(C(=O)O)c1. The van der Waals surface area contributed by atoms with Crippen molar-refractivity contribution in [3.63, 3.8) is 0 Å². The zero-order valence-electron chi connectivity index (χ0n) is 7.95. The molecule has 0 atom stereocenters. The van der Waals surface area contributed by atoms with E-state index in [0.717, 1.165) is 11.8 Å². The number of rotatable bonds is 3. The van der Waals surface area contributed by atoms with E-state index in [1.807, 2.05) is 0 Å². The van der Waals surface area contributed by atoms with E-state index in [1.165, 1.54) is 24.7 Å². The lowest BCUT2D eigenvalue weighted by atomic mass is 10.3. The number of pyridine rings is 1. The van der Waals surface area contributed by atoms with Gasteiger partial charge < -0.3 is 15.3 Å². The molecule has 82 valence electrons. The molecule has 6 nitrogen and oxygen atoms in total. The van der Waals surface area contributed by atoms with E-state index in [1.54, 1.807) is 0 Å². The molecule has 16 heavy (non-hydrogen) atoms. The Labute approximate surface area is 94.5 Å². The lowest BCUT2D eigenvalue weighted by Gasteiger charge is -2.02. The second kappa shape index (κ2) is 4.23. The number of carboxylic acid groups (broad SMARTS) is 1. The molecular formula is C9H7N3O3S. The van der Waals surface area contributed by atoms with Crippen LogP contribution in [0.15, 0.2) is 39.4 Å². The van der Waals surface area contributed by atoms with Crippen molar-refractivity contribution in [1.82, 2.24) is 9.97 Å². The number of anilines is 1. The third kappa shape index (κ3) is 2.14. The molecule has 0 saturated heterocycles. The molecule has 0 fully saturated rings. The molecule has 0 aliphatic carbocycles. The second-order valence-corrected chi connectivity index (χ2v) is 3.77. The fraction of sp³-hybridized carbons (Fsp3) is 0. The van der Waals surface area contributed by atoms with Crippen LogP contribution >= 0.6 is 11.8 Å². The predicted molar refractivity (Wildman–Crippen MR) is 56.2 cm³/mol. The summed E-state index contributed by atoms with van der Waals surface area (Å²) in [4.78, 5) is 18.7. The van der Waals surface area contributed by atoms with Gasteiger partial charge in [0.05, 0.1) is 23.6 Å². The highest BCUT2D eigenvalue weighted by molar-refractivity contribution is 7.99. The van der Waals surface area contributed by atoms with Gasteiger partial charge >= 0.3 is 5.97 Å². The van der Waals surface area contributed by atoms with Gasteiger partial charge in [-0.2, -0.15) is 0 Å². The van der Waals surface area contributed by atoms with Crippen LogP contribution in [-0.4, -0.2) is 21.0 Å². The van der Waals surface area contributed by atoms with Gasteiger partial charge in [0.25, 0.3) is 5.22 Å². The van der Waals surface area contributed by atoms with E-state index in [2.05, 4.69) is 9.97 Å². The van der Waals surface area contributed by atoms with Crippen molar-refractivity contribution in [3.8, 4) is 0 Å². The number of carboxylic acids is 1. The summed E-state index contributed by atoms with van der Waals surface area (Å²) in [7, 11) is 0. The molecule has 7 heteroatoms. The number of nitrogen functional groups attached to an aromatic ring is 1. The van der Waals surface area contributed by atoms with E-state index in [9.17, 15) is 4.79 Å². The third-order valence-electron chi connectivity index (χ3n) is 1.70.